The Labute approximate surface area is 176 Å². The molecule has 0 radical (unpaired) electrons. The zero-order valence-corrected chi connectivity index (χ0v) is 16.9. The number of carbonyl (C=O) groups excluding carboxylic acids is 1. The third-order valence-corrected chi connectivity index (χ3v) is 5.47. The first-order valence-electron chi connectivity index (χ1n) is 9.39. The maximum atomic E-state index is 13.0. The third-order valence-electron chi connectivity index (χ3n) is 5.28. The molecule has 3 aromatic heterocycles. The van der Waals surface area contributed by atoms with E-state index < -0.39 is 11.9 Å². The summed E-state index contributed by atoms with van der Waals surface area (Å²) in [5.41, 5.74) is 7.63. The molecule has 1 saturated heterocycles. The second-order valence-electron chi connectivity index (χ2n) is 7.25. The zero-order valence-electron chi connectivity index (χ0n) is 16.1. The smallest absolute Gasteiger partial charge is 0.306 e. The number of aliphatic carboxylic acids is 1. The lowest BCUT2D eigenvalue weighted by Crippen LogP contribution is -2.43. The lowest BCUT2D eigenvalue weighted by molar-refractivity contribution is -0.142. The van der Waals surface area contributed by atoms with Gasteiger partial charge in [-0.25, -0.2) is 9.50 Å². The molecule has 3 aromatic rings. The van der Waals surface area contributed by atoms with Crippen molar-refractivity contribution in [3.63, 3.8) is 0 Å². The van der Waals surface area contributed by atoms with Gasteiger partial charge in [0.25, 0.3) is 5.91 Å². The Morgan fingerprint density at radius 2 is 2.17 bits per heavy atom. The van der Waals surface area contributed by atoms with Gasteiger partial charge in [-0.05, 0) is 25.8 Å². The van der Waals surface area contributed by atoms with Gasteiger partial charge in [-0.2, -0.15) is 0 Å². The fraction of sp³-hybridized carbons (Fsp3) is 0.316. The third kappa shape index (κ3) is 3.61. The van der Waals surface area contributed by atoms with Crippen LogP contribution in [0, 0.1) is 5.92 Å². The standard InChI is InChI=1S/C19H20ClN7O3/c1-10-6-11(19(29)30)3-5-26(10)14-2-4-22-8-13(14)24-18(28)15-16(21)25-27-9-12(20)7-23-17(15)27/h2,4,7-11H,3,5-6H2,1H3,(H2,21,25)(H,24,28)(H,29,30). The Kier molecular flexibility index (Phi) is 5.17. The molecule has 30 heavy (non-hydrogen) atoms. The molecule has 1 aliphatic heterocycles. The number of rotatable bonds is 4. The van der Waals surface area contributed by atoms with Crippen LogP contribution >= 0.6 is 11.6 Å². The number of halogens is 1. The van der Waals surface area contributed by atoms with Crippen molar-refractivity contribution in [2.45, 2.75) is 25.8 Å². The molecule has 1 amide bonds. The Morgan fingerprint density at radius 1 is 1.37 bits per heavy atom. The van der Waals surface area contributed by atoms with Crippen molar-refractivity contribution in [3.05, 3.63) is 41.4 Å². The highest BCUT2D eigenvalue weighted by Gasteiger charge is 2.31. The molecule has 11 heteroatoms. The SMILES string of the molecule is CC1CC(C(=O)O)CCN1c1ccncc1NC(=O)c1c(N)nn2cc(Cl)cnc12. The molecule has 10 nitrogen and oxygen atoms in total. The number of hydrogen-bond acceptors (Lipinski definition) is 7. The van der Waals surface area contributed by atoms with E-state index in [0.29, 0.717) is 30.1 Å². The molecule has 2 unspecified atom stereocenters. The van der Waals surface area contributed by atoms with Crippen molar-refractivity contribution in [2.24, 2.45) is 5.92 Å². The number of aromatic nitrogens is 4. The van der Waals surface area contributed by atoms with Gasteiger partial charge in [0.1, 0.15) is 5.56 Å². The molecule has 156 valence electrons. The normalized spacial score (nSPS) is 19.1. The van der Waals surface area contributed by atoms with Gasteiger partial charge in [-0.1, -0.05) is 11.6 Å². The summed E-state index contributed by atoms with van der Waals surface area (Å²) in [7, 11) is 0. The minimum Gasteiger partial charge on any atom is -0.481 e. The number of piperidine rings is 1. The molecule has 4 rings (SSSR count). The summed E-state index contributed by atoms with van der Waals surface area (Å²) in [4.78, 5) is 34.7. The Balaban J connectivity index is 1.62. The molecule has 0 spiro atoms. The van der Waals surface area contributed by atoms with E-state index in [9.17, 15) is 14.7 Å². The number of fused-ring (bicyclic) bond motifs is 1. The van der Waals surface area contributed by atoms with Crippen LogP contribution in [0.3, 0.4) is 0 Å². The number of carbonyl (C=O) groups is 2. The number of nitrogens with two attached hydrogens (primary N) is 1. The molecule has 0 saturated carbocycles. The van der Waals surface area contributed by atoms with Crippen molar-refractivity contribution in [1.82, 2.24) is 19.6 Å². The number of pyridine rings is 1. The average molecular weight is 430 g/mol. The van der Waals surface area contributed by atoms with Crippen LogP contribution in [-0.2, 0) is 4.79 Å². The molecule has 0 aromatic carbocycles. The lowest BCUT2D eigenvalue weighted by atomic mass is 9.91. The predicted octanol–water partition coefficient (Wildman–Crippen LogP) is 2.30. The van der Waals surface area contributed by atoms with Crippen LogP contribution in [-0.4, -0.2) is 49.2 Å². The first-order valence-corrected chi connectivity index (χ1v) is 9.77. The largest absolute Gasteiger partial charge is 0.481 e. The number of carboxylic acid groups (broad SMARTS) is 1. The van der Waals surface area contributed by atoms with E-state index in [1.165, 1.54) is 16.9 Å². The summed E-state index contributed by atoms with van der Waals surface area (Å²) in [6, 6.07) is 1.79. The number of nitrogens with zero attached hydrogens (tertiary/aromatic N) is 5. The summed E-state index contributed by atoms with van der Waals surface area (Å²) in [5.74, 6) is -1.59. The van der Waals surface area contributed by atoms with E-state index in [1.807, 2.05) is 6.92 Å². The number of nitrogen functional groups attached to an aromatic ring is 1. The van der Waals surface area contributed by atoms with Gasteiger partial charge in [0.15, 0.2) is 11.5 Å². The quantitative estimate of drug-likeness (QED) is 0.574. The van der Waals surface area contributed by atoms with Crippen LogP contribution in [0.5, 0.6) is 0 Å². The van der Waals surface area contributed by atoms with Gasteiger partial charge in [0, 0.05) is 25.0 Å². The van der Waals surface area contributed by atoms with Gasteiger partial charge < -0.3 is 21.1 Å². The van der Waals surface area contributed by atoms with E-state index in [-0.39, 0.29) is 29.0 Å². The molecule has 0 bridgehead atoms. The van der Waals surface area contributed by atoms with Gasteiger partial charge >= 0.3 is 5.97 Å². The summed E-state index contributed by atoms with van der Waals surface area (Å²) in [5, 5.41) is 16.6. The minimum atomic E-state index is -0.777. The van der Waals surface area contributed by atoms with Gasteiger partial charge in [0.05, 0.1) is 34.7 Å². The summed E-state index contributed by atoms with van der Waals surface area (Å²) in [6.45, 7) is 2.53. The fourth-order valence-corrected chi connectivity index (χ4v) is 3.96. The maximum Gasteiger partial charge on any atom is 0.306 e. The second kappa shape index (κ2) is 7.79. The topological polar surface area (TPSA) is 139 Å². The summed E-state index contributed by atoms with van der Waals surface area (Å²) >= 11 is 5.92. The van der Waals surface area contributed by atoms with Crippen molar-refractivity contribution in [1.29, 1.82) is 0 Å². The van der Waals surface area contributed by atoms with E-state index in [2.05, 4.69) is 25.3 Å². The summed E-state index contributed by atoms with van der Waals surface area (Å²) in [6.07, 6.45) is 7.17. The van der Waals surface area contributed by atoms with E-state index in [4.69, 9.17) is 17.3 Å². The fourth-order valence-electron chi connectivity index (χ4n) is 3.82. The van der Waals surface area contributed by atoms with E-state index in [0.717, 1.165) is 5.69 Å². The average Bonchev–Trinajstić information content (AvgIpc) is 3.03. The van der Waals surface area contributed by atoms with Crippen LogP contribution < -0.4 is 16.0 Å². The van der Waals surface area contributed by atoms with Crippen LogP contribution in [0.4, 0.5) is 17.2 Å². The monoisotopic (exact) mass is 429 g/mol. The predicted molar refractivity (Wildman–Crippen MR) is 112 cm³/mol. The molecule has 4 heterocycles. The van der Waals surface area contributed by atoms with Crippen molar-refractivity contribution in [2.75, 3.05) is 22.5 Å². The van der Waals surface area contributed by atoms with E-state index >= 15 is 0 Å². The van der Waals surface area contributed by atoms with Crippen molar-refractivity contribution < 1.29 is 14.7 Å². The van der Waals surface area contributed by atoms with Crippen molar-refractivity contribution in [3.8, 4) is 0 Å². The Bertz CT molecular complexity index is 1130. The molecule has 4 N–H and O–H groups in total. The highest BCUT2D eigenvalue weighted by Crippen LogP contribution is 2.33. The molecular weight excluding hydrogens is 410 g/mol. The van der Waals surface area contributed by atoms with Gasteiger partial charge in [-0.15, -0.1) is 5.10 Å². The number of hydrogen-bond donors (Lipinski definition) is 3. The second-order valence-corrected chi connectivity index (χ2v) is 7.69. The van der Waals surface area contributed by atoms with Crippen LogP contribution in [0.15, 0.2) is 30.9 Å². The Hall–Kier alpha value is -3.40. The van der Waals surface area contributed by atoms with Crippen molar-refractivity contribution >= 4 is 46.3 Å². The molecular formula is C19H20ClN7O3. The highest BCUT2D eigenvalue weighted by atomic mass is 35.5. The molecule has 2 atom stereocenters. The zero-order chi connectivity index (χ0) is 21.4. The number of nitrogens with one attached hydrogen (secondary N) is 1. The maximum absolute atomic E-state index is 13.0. The molecule has 1 fully saturated rings. The first-order chi connectivity index (χ1) is 14.3. The highest BCUT2D eigenvalue weighted by molar-refractivity contribution is 6.30. The van der Waals surface area contributed by atoms with Gasteiger partial charge in [-0.3, -0.25) is 14.6 Å². The number of carboxylic acids is 1. The van der Waals surface area contributed by atoms with Gasteiger partial charge in [0.2, 0.25) is 0 Å². The Morgan fingerprint density at radius 3 is 2.90 bits per heavy atom. The van der Waals surface area contributed by atoms with E-state index in [1.54, 1.807) is 18.5 Å². The van der Waals surface area contributed by atoms with Crippen LogP contribution in [0.2, 0.25) is 5.02 Å². The van der Waals surface area contributed by atoms with Crippen LogP contribution in [0.1, 0.15) is 30.1 Å². The summed E-state index contributed by atoms with van der Waals surface area (Å²) < 4.78 is 1.36. The lowest BCUT2D eigenvalue weighted by Gasteiger charge is -2.38. The molecule has 0 aliphatic carbocycles. The molecule has 1 aliphatic rings. The first kappa shape index (κ1) is 19.9. The minimum absolute atomic E-state index is 0.0104. The number of anilines is 3. The van der Waals surface area contributed by atoms with Crippen LogP contribution in [0.25, 0.3) is 5.65 Å². The number of amides is 1.